The van der Waals surface area contributed by atoms with Gasteiger partial charge in [-0.25, -0.2) is 9.37 Å². The third-order valence-electron chi connectivity index (χ3n) is 3.14. The van der Waals surface area contributed by atoms with Crippen LogP contribution in [0.15, 0.2) is 12.3 Å². The molecule has 0 radical (unpaired) electrons. The van der Waals surface area contributed by atoms with E-state index >= 15 is 0 Å². The molecule has 5 nitrogen and oxygen atoms in total. The Bertz CT molecular complexity index is 509. The highest BCUT2D eigenvalue weighted by molar-refractivity contribution is 5.81. The first-order valence-corrected chi connectivity index (χ1v) is 7.27. The average molecular weight is 294 g/mol. The van der Waals surface area contributed by atoms with Gasteiger partial charge in [-0.2, -0.15) is 0 Å². The second-order valence-electron chi connectivity index (χ2n) is 6.43. The van der Waals surface area contributed by atoms with Crippen LogP contribution in [-0.4, -0.2) is 29.0 Å². The summed E-state index contributed by atoms with van der Waals surface area (Å²) >= 11 is 0. The van der Waals surface area contributed by atoms with Gasteiger partial charge in [-0.1, -0.05) is 0 Å². The second kappa shape index (κ2) is 6.39. The van der Waals surface area contributed by atoms with E-state index in [1.165, 1.54) is 0 Å². The lowest BCUT2D eigenvalue weighted by Gasteiger charge is -2.21. The Labute approximate surface area is 124 Å². The number of amides is 1. The molecule has 0 spiro atoms. The van der Waals surface area contributed by atoms with Crippen LogP contribution >= 0.6 is 0 Å². The summed E-state index contributed by atoms with van der Waals surface area (Å²) in [6.07, 6.45) is 3.61. The minimum atomic E-state index is -0.409. The van der Waals surface area contributed by atoms with Gasteiger partial charge in [-0.15, -0.1) is 0 Å². The van der Waals surface area contributed by atoms with Crippen molar-refractivity contribution < 1.29 is 9.18 Å². The number of carbonyl (C=O) groups is 1. The number of nitrogens with one attached hydrogen (secondary N) is 3. The Kier molecular flexibility index (Phi) is 4.77. The van der Waals surface area contributed by atoms with Gasteiger partial charge < -0.3 is 16.0 Å². The van der Waals surface area contributed by atoms with Crippen LogP contribution in [0.3, 0.4) is 0 Å². The van der Waals surface area contributed by atoms with Gasteiger partial charge in [-0.05, 0) is 39.7 Å². The number of hydrogen-bond donors (Lipinski definition) is 3. The van der Waals surface area contributed by atoms with Gasteiger partial charge in [0, 0.05) is 29.9 Å². The molecular weight excluding hydrogens is 271 g/mol. The summed E-state index contributed by atoms with van der Waals surface area (Å²) in [6.45, 7) is 6.52. The third-order valence-corrected chi connectivity index (χ3v) is 3.14. The van der Waals surface area contributed by atoms with Gasteiger partial charge in [-0.3, -0.25) is 4.79 Å². The van der Waals surface area contributed by atoms with Crippen molar-refractivity contribution >= 4 is 11.7 Å². The fourth-order valence-electron chi connectivity index (χ4n) is 1.77. The predicted molar refractivity (Wildman–Crippen MR) is 80.4 cm³/mol. The van der Waals surface area contributed by atoms with Gasteiger partial charge in [0.25, 0.3) is 0 Å². The molecule has 0 bridgehead atoms. The molecule has 0 saturated heterocycles. The zero-order valence-corrected chi connectivity index (χ0v) is 12.8. The first-order valence-electron chi connectivity index (χ1n) is 7.27. The molecule has 2 rings (SSSR count). The number of carbonyl (C=O) groups excluding carboxylic acids is 1. The zero-order chi connectivity index (χ0) is 15.5. The number of nitrogens with zero attached hydrogens (tertiary/aromatic N) is 1. The van der Waals surface area contributed by atoms with Crippen LogP contribution in [0.5, 0.6) is 0 Å². The highest BCUT2D eigenvalue weighted by Crippen LogP contribution is 2.19. The Morgan fingerprint density at radius 3 is 2.76 bits per heavy atom. The Hall–Kier alpha value is -1.69. The molecule has 1 aromatic rings. The van der Waals surface area contributed by atoms with Crippen LogP contribution in [0.1, 0.15) is 39.2 Å². The third kappa shape index (κ3) is 5.30. The minimum absolute atomic E-state index is 0.0383. The van der Waals surface area contributed by atoms with E-state index in [0.29, 0.717) is 18.2 Å². The van der Waals surface area contributed by atoms with E-state index in [-0.39, 0.29) is 23.8 Å². The lowest BCUT2D eigenvalue weighted by Crippen LogP contribution is -2.35. The Balaban J connectivity index is 1.91. The molecule has 0 atom stereocenters. The molecule has 21 heavy (non-hydrogen) atoms. The van der Waals surface area contributed by atoms with Gasteiger partial charge in [0.05, 0.1) is 6.54 Å². The lowest BCUT2D eigenvalue weighted by molar-refractivity contribution is -0.119. The Morgan fingerprint density at radius 1 is 1.43 bits per heavy atom. The lowest BCUT2D eigenvalue weighted by atomic mass is 10.1. The molecule has 1 amide bonds. The van der Waals surface area contributed by atoms with E-state index in [2.05, 4.69) is 20.9 Å². The predicted octanol–water partition coefficient (Wildman–Crippen LogP) is 1.80. The van der Waals surface area contributed by atoms with Crippen LogP contribution in [0.2, 0.25) is 0 Å². The van der Waals surface area contributed by atoms with Gasteiger partial charge in [0.15, 0.2) is 11.6 Å². The first-order chi connectivity index (χ1) is 9.85. The molecule has 1 fully saturated rings. The normalized spacial score (nSPS) is 14.9. The molecule has 1 aliphatic carbocycles. The molecule has 116 valence electrons. The van der Waals surface area contributed by atoms with E-state index in [1.807, 2.05) is 20.8 Å². The molecule has 1 saturated carbocycles. The Morgan fingerprint density at radius 2 is 2.14 bits per heavy atom. The van der Waals surface area contributed by atoms with Crippen molar-refractivity contribution in [3.8, 4) is 0 Å². The summed E-state index contributed by atoms with van der Waals surface area (Å²) in [6, 6.07) is 1.95. The molecule has 1 heterocycles. The first kappa shape index (κ1) is 15.7. The summed E-state index contributed by atoms with van der Waals surface area (Å²) in [5.41, 5.74) is 0.443. The fourth-order valence-corrected chi connectivity index (χ4v) is 1.77. The summed E-state index contributed by atoms with van der Waals surface area (Å²) < 4.78 is 14.3. The maximum atomic E-state index is 14.3. The minimum Gasteiger partial charge on any atom is -0.359 e. The van der Waals surface area contributed by atoms with Crippen molar-refractivity contribution in [2.45, 2.75) is 51.7 Å². The van der Waals surface area contributed by atoms with Crippen LogP contribution in [0.4, 0.5) is 10.2 Å². The molecule has 6 heteroatoms. The van der Waals surface area contributed by atoms with Crippen LogP contribution < -0.4 is 16.0 Å². The zero-order valence-electron chi connectivity index (χ0n) is 12.8. The maximum Gasteiger partial charge on any atom is 0.239 e. The van der Waals surface area contributed by atoms with Crippen LogP contribution in [0.25, 0.3) is 0 Å². The largest absolute Gasteiger partial charge is 0.359 e. The molecule has 3 N–H and O–H groups in total. The molecule has 0 aromatic carbocycles. The van der Waals surface area contributed by atoms with E-state index in [0.717, 1.165) is 12.8 Å². The summed E-state index contributed by atoms with van der Waals surface area (Å²) in [4.78, 5) is 15.5. The average Bonchev–Trinajstić information content (AvgIpc) is 3.19. The highest BCUT2D eigenvalue weighted by Gasteiger charge is 2.23. The summed E-state index contributed by atoms with van der Waals surface area (Å²) in [5, 5.41) is 8.83. The molecule has 1 aromatic heterocycles. The summed E-state index contributed by atoms with van der Waals surface area (Å²) in [7, 11) is 0. The number of hydrogen-bond acceptors (Lipinski definition) is 4. The topological polar surface area (TPSA) is 66.0 Å². The van der Waals surface area contributed by atoms with E-state index in [1.54, 1.807) is 12.3 Å². The highest BCUT2D eigenvalue weighted by atomic mass is 19.1. The van der Waals surface area contributed by atoms with Crippen molar-refractivity contribution in [3.05, 3.63) is 23.6 Å². The van der Waals surface area contributed by atoms with Gasteiger partial charge in [0.1, 0.15) is 0 Å². The fraction of sp³-hybridized carbons (Fsp3) is 0.600. The number of anilines is 1. The van der Waals surface area contributed by atoms with Crippen LogP contribution in [-0.2, 0) is 11.3 Å². The standard InChI is InChI=1S/C15H23FN4O/c1-15(2,3)19-8-10-6-7-17-14(13(10)16)18-9-12(21)20-11-4-5-11/h6-7,11,19H,4-5,8-9H2,1-3H3,(H,17,18)(H,20,21). The van der Waals surface area contributed by atoms with Crippen molar-refractivity contribution in [2.24, 2.45) is 0 Å². The van der Waals surface area contributed by atoms with Gasteiger partial charge >= 0.3 is 0 Å². The maximum absolute atomic E-state index is 14.3. The quantitative estimate of drug-likeness (QED) is 0.748. The molecule has 1 aliphatic rings. The van der Waals surface area contributed by atoms with E-state index in [9.17, 15) is 9.18 Å². The number of rotatable bonds is 6. The monoisotopic (exact) mass is 294 g/mol. The summed E-state index contributed by atoms with van der Waals surface area (Å²) in [5.74, 6) is -0.417. The van der Waals surface area contributed by atoms with Crippen molar-refractivity contribution in [3.63, 3.8) is 0 Å². The van der Waals surface area contributed by atoms with E-state index in [4.69, 9.17) is 0 Å². The molecule has 0 aliphatic heterocycles. The van der Waals surface area contributed by atoms with Crippen molar-refractivity contribution in [1.82, 2.24) is 15.6 Å². The molecular formula is C15H23FN4O. The van der Waals surface area contributed by atoms with Crippen LogP contribution in [0, 0.1) is 5.82 Å². The second-order valence-corrected chi connectivity index (χ2v) is 6.43. The van der Waals surface area contributed by atoms with Gasteiger partial charge in [0.2, 0.25) is 5.91 Å². The number of halogens is 1. The molecule has 0 unspecified atom stereocenters. The van der Waals surface area contributed by atoms with Crippen molar-refractivity contribution in [2.75, 3.05) is 11.9 Å². The number of aromatic nitrogens is 1. The van der Waals surface area contributed by atoms with Crippen molar-refractivity contribution in [1.29, 1.82) is 0 Å². The van der Waals surface area contributed by atoms with E-state index < -0.39 is 5.82 Å². The smallest absolute Gasteiger partial charge is 0.239 e. The SMILES string of the molecule is CC(C)(C)NCc1ccnc(NCC(=O)NC2CC2)c1F. The number of pyridine rings is 1.